The zero-order valence-electron chi connectivity index (χ0n) is 23.5. The first-order chi connectivity index (χ1) is 21.2. The minimum atomic E-state index is -4.22. The van der Waals surface area contributed by atoms with E-state index in [0.717, 1.165) is 0 Å². The Labute approximate surface area is 253 Å². The molecule has 0 radical (unpaired) electrons. The van der Waals surface area contributed by atoms with Gasteiger partial charge in [-0.05, 0) is 24.4 Å². The number of nitrogens with zero attached hydrogens (tertiary/aromatic N) is 4. The number of aliphatic hydroxyl groups excluding tert-OH is 2. The highest BCUT2D eigenvalue weighted by molar-refractivity contribution is 8.54. The predicted octanol–water partition coefficient (Wildman–Crippen LogP) is 0.389. The van der Waals surface area contributed by atoms with Crippen molar-refractivity contribution >= 4 is 41.4 Å². The van der Waals surface area contributed by atoms with E-state index in [0.29, 0.717) is 28.8 Å². The van der Waals surface area contributed by atoms with Crippen LogP contribution in [0.2, 0.25) is 0 Å². The number of hydrogen-bond donors (Lipinski definition) is 4. The van der Waals surface area contributed by atoms with Gasteiger partial charge < -0.3 is 44.3 Å². The molecule has 44 heavy (non-hydrogen) atoms. The molecular weight excluding hydrogens is 627 g/mol. The quantitative estimate of drug-likeness (QED) is 0.104. The molecular formula is C24H31N6O12PS. The molecule has 20 heteroatoms. The first kappa shape index (κ1) is 32.3. The maximum Gasteiger partial charge on any atom is 0.519 e. The van der Waals surface area contributed by atoms with Gasteiger partial charge >= 0.3 is 12.6 Å². The van der Waals surface area contributed by atoms with Crippen LogP contribution in [-0.4, -0.2) is 93.1 Å². The van der Waals surface area contributed by atoms with Gasteiger partial charge in [-0.1, -0.05) is 0 Å². The van der Waals surface area contributed by atoms with E-state index in [4.69, 9.17) is 37.8 Å². The number of aryl methyl sites for hydroxylation is 1. The Morgan fingerprint density at radius 2 is 2.07 bits per heavy atom. The average molecular weight is 659 g/mol. The molecule has 2 fully saturated rings. The first-order valence-corrected chi connectivity index (χ1v) is 16.4. The van der Waals surface area contributed by atoms with Crippen LogP contribution in [0.3, 0.4) is 0 Å². The number of carbonyl (C=O) groups excluding carboxylic acids is 1. The summed E-state index contributed by atoms with van der Waals surface area (Å²) in [5, 5.41) is 23.6. The first-order valence-electron chi connectivity index (χ1n) is 13.2. The molecule has 3 aromatic rings. The number of hydrogen-bond acceptors (Lipinski definition) is 18. The van der Waals surface area contributed by atoms with Gasteiger partial charge in [-0.3, -0.25) is 18.4 Å². The van der Waals surface area contributed by atoms with E-state index in [-0.39, 0.29) is 36.1 Å². The number of aldehydes is 1. The lowest BCUT2D eigenvalue weighted by atomic mass is 10.1. The number of nitrogens with one attached hydrogen (secondary N) is 1. The molecule has 5 N–H and O–H groups in total. The molecule has 240 valence electrons. The van der Waals surface area contributed by atoms with Crippen LogP contribution in [0.1, 0.15) is 24.2 Å². The van der Waals surface area contributed by atoms with Crippen LogP contribution in [-0.2, 0) is 38.4 Å². The number of aromatic nitrogens is 4. The second-order valence-corrected chi connectivity index (χ2v) is 13.7. The summed E-state index contributed by atoms with van der Waals surface area (Å²) in [4.78, 5) is 34.6. The van der Waals surface area contributed by atoms with Crippen molar-refractivity contribution in [2.45, 2.75) is 62.1 Å². The number of fused-ring (bicyclic) bond motifs is 1. The number of rotatable bonds is 14. The number of imidazole rings is 1. The highest BCUT2D eigenvalue weighted by atomic mass is 32.7. The van der Waals surface area contributed by atoms with Crippen LogP contribution in [0.15, 0.2) is 38.6 Å². The van der Waals surface area contributed by atoms with Gasteiger partial charge in [-0.25, -0.2) is 24.3 Å². The molecule has 5 rings (SSSR count). The largest absolute Gasteiger partial charge is 0.519 e. The third-order valence-corrected chi connectivity index (χ3v) is 10.5. The van der Waals surface area contributed by atoms with E-state index in [9.17, 15) is 24.4 Å². The van der Waals surface area contributed by atoms with E-state index in [1.165, 1.54) is 39.0 Å². The van der Waals surface area contributed by atoms with Gasteiger partial charge in [-0.15, -0.1) is 0 Å². The Hall–Kier alpha value is -3.13. The Bertz CT molecular complexity index is 1580. The van der Waals surface area contributed by atoms with Crippen molar-refractivity contribution in [1.82, 2.24) is 24.8 Å². The van der Waals surface area contributed by atoms with Crippen LogP contribution in [0.25, 0.3) is 11.2 Å². The van der Waals surface area contributed by atoms with Crippen LogP contribution in [0, 0.1) is 6.92 Å². The van der Waals surface area contributed by atoms with Crippen molar-refractivity contribution < 1.29 is 51.7 Å². The third kappa shape index (κ3) is 6.90. The highest BCUT2D eigenvalue weighted by Crippen LogP contribution is 2.64. The van der Waals surface area contributed by atoms with E-state index in [1.54, 1.807) is 4.57 Å². The molecule has 0 spiro atoms. The lowest BCUT2D eigenvalue weighted by molar-refractivity contribution is -0.104. The maximum atomic E-state index is 14.2. The molecule has 18 nitrogen and oxygen atoms in total. The van der Waals surface area contributed by atoms with Crippen molar-refractivity contribution in [3.05, 3.63) is 47.1 Å². The molecule has 3 aromatic heterocycles. The highest BCUT2D eigenvalue weighted by Gasteiger charge is 2.49. The molecule has 2 aliphatic rings. The van der Waals surface area contributed by atoms with Crippen LogP contribution in [0.5, 0.6) is 0 Å². The number of methoxy groups -OCH3 is 1. The summed E-state index contributed by atoms with van der Waals surface area (Å²) in [6.07, 6.45) is -0.619. The normalized spacial score (nSPS) is 28.6. The Morgan fingerprint density at radius 1 is 1.25 bits per heavy atom. The zero-order chi connectivity index (χ0) is 31.4. The van der Waals surface area contributed by atoms with Crippen molar-refractivity contribution in [2.75, 3.05) is 26.1 Å². The molecule has 5 heterocycles. The van der Waals surface area contributed by atoms with Crippen LogP contribution >= 0.6 is 18.2 Å². The number of carbonyl (C=O) groups is 1. The van der Waals surface area contributed by atoms with E-state index in [2.05, 4.69) is 20.3 Å². The number of aliphatic hydroxyl groups is 2. The number of nitrogen functional groups attached to an aromatic ring is 1. The molecule has 0 amide bonds. The molecule has 0 aromatic carbocycles. The van der Waals surface area contributed by atoms with E-state index < -0.39 is 62.2 Å². The summed E-state index contributed by atoms with van der Waals surface area (Å²) in [6.45, 7) is -3.61. The summed E-state index contributed by atoms with van der Waals surface area (Å²) in [5.41, 5.74) is 6.66. The number of anilines is 1. The van der Waals surface area contributed by atoms with Gasteiger partial charge in [0.05, 0.1) is 31.4 Å². The third-order valence-electron chi connectivity index (χ3n) is 6.94. The summed E-state index contributed by atoms with van der Waals surface area (Å²) >= 11 is 0.687. The minimum Gasteiger partial charge on any atom is -0.396 e. The van der Waals surface area contributed by atoms with Gasteiger partial charge in [-0.2, -0.15) is 0 Å². The topological polar surface area (TPSA) is 246 Å². The Kier molecular flexibility index (Phi) is 10.2. The van der Waals surface area contributed by atoms with Gasteiger partial charge in [0.2, 0.25) is 0 Å². The summed E-state index contributed by atoms with van der Waals surface area (Å²) in [7, 11) is 1.37. The van der Waals surface area contributed by atoms with Crippen molar-refractivity contribution in [2.24, 2.45) is 0 Å². The van der Waals surface area contributed by atoms with Gasteiger partial charge in [0.15, 0.2) is 23.5 Å². The Balaban J connectivity index is 1.33. The summed E-state index contributed by atoms with van der Waals surface area (Å²) in [5.74, 6) is -0.590. The lowest BCUT2D eigenvalue weighted by Gasteiger charge is -2.27. The maximum absolute atomic E-state index is 14.2. The van der Waals surface area contributed by atoms with E-state index in [1.807, 2.05) is 0 Å². The standard InChI is InChI=1S/C24H31N6O12PS/c1-12-16(41-24(34)38-12)9-44-43(35,42-19-14(7-32)40-23(20(19)36-2)26-4-3-5-31)37-8-15-13(33)6-17(39-15)30-11-29-18-21(25)27-10-28-22(18)30/h3-5,10-11,13-15,17,19-20,23,26,32-33H,6-9H2,1-2H3,(H2,25,27,28)/b4-3-/t13?,14-,15-,17-,19?,20?,23-,43?/m1/s1. The fraction of sp³-hybridized carbons (Fsp3) is 0.542. The fourth-order valence-electron chi connectivity index (χ4n) is 4.76. The molecule has 4 unspecified atom stereocenters. The number of nitrogens with two attached hydrogens (primary N) is 1. The SMILES string of the molecule is COC1C(OP(=O)(OC[C@H]2O[C@@H](n3cnc4c(N)ncnc43)CC2O)SCc2oc(=O)oc2C)[C@@H](CO)O[C@H]1N/C=C\C=O. The second-order valence-electron chi connectivity index (χ2n) is 9.68. The Morgan fingerprint density at radius 3 is 2.77 bits per heavy atom. The van der Waals surface area contributed by atoms with Crippen LogP contribution in [0.4, 0.5) is 5.82 Å². The van der Waals surface area contributed by atoms with Gasteiger partial charge in [0.1, 0.15) is 54.5 Å². The monoisotopic (exact) mass is 658 g/mol. The zero-order valence-corrected chi connectivity index (χ0v) is 25.2. The van der Waals surface area contributed by atoms with E-state index >= 15 is 0 Å². The van der Waals surface area contributed by atoms with Crippen molar-refractivity contribution in [3.8, 4) is 0 Å². The fourth-order valence-corrected chi connectivity index (χ4v) is 8.09. The molecule has 8 atom stereocenters. The van der Waals surface area contributed by atoms with Gasteiger partial charge in [0.25, 0.3) is 0 Å². The average Bonchev–Trinajstić information content (AvgIpc) is 3.75. The number of ether oxygens (including phenoxy) is 3. The smallest absolute Gasteiger partial charge is 0.396 e. The van der Waals surface area contributed by atoms with Crippen molar-refractivity contribution in [3.63, 3.8) is 0 Å². The lowest BCUT2D eigenvalue weighted by Crippen LogP contribution is -2.41. The van der Waals surface area contributed by atoms with Crippen LogP contribution < -0.4 is 16.9 Å². The second kappa shape index (κ2) is 13.9. The molecule has 2 aliphatic heterocycles. The van der Waals surface area contributed by atoms with Gasteiger partial charge in [0, 0.05) is 19.7 Å². The molecule has 0 bridgehead atoms. The predicted molar refractivity (Wildman–Crippen MR) is 151 cm³/mol. The number of allylic oxidation sites excluding steroid dienone is 1. The van der Waals surface area contributed by atoms with Crippen molar-refractivity contribution in [1.29, 1.82) is 0 Å². The molecule has 0 aliphatic carbocycles. The molecule has 2 saturated heterocycles. The summed E-state index contributed by atoms with van der Waals surface area (Å²) < 4.78 is 54.9. The minimum absolute atomic E-state index is 0.112. The molecule has 0 saturated carbocycles. The summed E-state index contributed by atoms with van der Waals surface area (Å²) in [6, 6.07) is 0.